The lowest BCUT2D eigenvalue weighted by Crippen LogP contribution is -2.23. The van der Waals surface area contributed by atoms with Crippen molar-refractivity contribution in [1.82, 2.24) is 0 Å². The Morgan fingerprint density at radius 3 is 2.82 bits per heavy atom. The van der Waals surface area contributed by atoms with Gasteiger partial charge in [-0.2, -0.15) is 0 Å². The van der Waals surface area contributed by atoms with Gasteiger partial charge in [-0.05, 0) is 36.7 Å². The lowest BCUT2D eigenvalue weighted by Gasteiger charge is -2.30. The molecule has 0 amide bonds. The van der Waals surface area contributed by atoms with E-state index in [-0.39, 0.29) is 6.10 Å². The van der Waals surface area contributed by atoms with Gasteiger partial charge in [0.15, 0.2) is 6.10 Å². The second-order valence-electron chi connectivity index (χ2n) is 4.33. The van der Waals surface area contributed by atoms with Gasteiger partial charge in [0.05, 0.1) is 6.26 Å². The molecule has 0 fully saturated rings. The zero-order chi connectivity index (χ0) is 11.7. The van der Waals surface area contributed by atoms with Crippen LogP contribution in [-0.4, -0.2) is 6.54 Å². The highest BCUT2D eigenvalue weighted by molar-refractivity contribution is 5.39. The van der Waals surface area contributed by atoms with Crippen molar-refractivity contribution in [3.8, 4) is 5.75 Å². The number of fused-ring (bicyclic) bond motifs is 1. The molecule has 17 heavy (non-hydrogen) atoms. The van der Waals surface area contributed by atoms with Crippen LogP contribution in [0.1, 0.15) is 29.8 Å². The van der Waals surface area contributed by atoms with E-state index in [9.17, 15) is 0 Å². The van der Waals surface area contributed by atoms with Crippen LogP contribution in [0, 0.1) is 0 Å². The molecule has 0 radical (unpaired) electrons. The fourth-order valence-electron chi connectivity index (χ4n) is 2.38. The molecule has 1 aliphatic heterocycles. The second-order valence-corrected chi connectivity index (χ2v) is 4.33. The van der Waals surface area contributed by atoms with Crippen molar-refractivity contribution in [2.24, 2.45) is 5.73 Å². The molecule has 0 saturated heterocycles. The Hall–Kier alpha value is -1.74. The van der Waals surface area contributed by atoms with Crippen molar-refractivity contribution in [3.63, 3.8) is 0 Å². The summed E-state index contributed by atoms with van der Waals surface area (Å²) >= 11 is 0. The molecule has 0 spiro atoms. The third kappa shape index (κ3) is 1.83. The van der Waals surface area contributed by atoms with Crippen LogP contribution in [0.5, 0.6) is 5.75 Å². The summed E-state index contributed by atoms with van der Waals surface area (Å²) in [5.74, 6) is 2.14. The average molecular weight is 229 g/mol. The van der Waals surface area contributed by atoms with E-state index in [1.165, 1.54) is 5.56 Å². The predicted octanol–water partition coefficient (Wildman–Crippen LogP) is 2.85. The third-order valence-electron chi connectivity index (χ3n) is 3.27. The molecular formula is C14H15NO2. The zero-order valence-electron chi connectivity index (χ0n) is 9.50. The van der Waals surface area contributed by atoms with Gasteiger partial charge in [-0.3, -0.25) is 0 Å². The minimum atomic E-state index is -0.0200. The summed E-state index contributed by atoms with van der Waals surface area (Å²) in [6, 6.07) is 11.9. The fourth-order valence-corrected chi connectivity index (χ4v) is 2.38. The molecule has 3 heteroatoms. The zero-order valence-corrected chi connectivity index (χ0v) is 9.50. The second kappa shape index (κ2) is 4.26. The molecular weight excluding hydrogens is 214 g/mol. The largest absolute Gasteiger partial charge is 0.482 e. The van der Waals surface area contributed by atoms with E-state index in [2.05, 4.69) is 6.07 Å². The summed E-state index contributed by atoms with van der Waals surface area (Å²) in [6.07, 6.45) is 2.53. The van der Waals surface area contributed by atoms with Crippen LogP contribution in [0.3, 0.4) is 0 Å². The van der Waals surface area contributed by atoms with Gasteiger partial charge in [0.2, 0.25) is 0 Å². The minimum Gasteiger partial charge on any atom is -0.482 e. The Morgan fingerprint density at radius 1 is 1.18 bits per heavy atom. The first-order chi connectivity index (χ1) is 8.38. The lowest BCUT2D eigenvalue weighted by atomic mass is 9.89. The number of ether oxygens (including phenoxy) is 1. The van der Waals surface area contributed by atoms with Gasteiger partial charge in [0, 0.05) is 5.92 Å². The Balaban J connectivity index is 1.95. The molecule has 2 N–H and O–H groups in total. The van der Waals surface area contributed by atoms with Crippen molar-refractivity contribution in [2.75, 3.05) is 6.54 Å². The summed E-state index contributed by atoms with van der Waals surface area (Å²) in [4.78, 5) is 0. The van der Waals surface area contributed by atoms with Gasteiger partial charge < -0.3 is 14.9 Å². The molecule has 3 rings (SSSR count). The first kappa shape index (κ1) is 10.4. The molecule has 1 aliphatic rings. The molecule has 2 unspecified atom stereocenters. The third-order valence-corrected chi connectivity index (χ3v) is 3.27. The first-order valence-electron chi connectivity index (χ1n) is 5.87. The average Bonchev–Trinajstić information content (AvgIpc) is 2.91. The number of rotatable bonds is 2. The summed E-state index contributed by atoms with van der Waals surface area (Å²) in [6.45, 7) is 0.636. The highest BCUT2D eigenvalue weighted by Crippen LogP contribution is 2.41. The molecule has 0 bridgehead atoms. The van der Waals surface area contributed by atoms with Crippen molar-refractivity contribution in [3.05, 3.63) is 54.0 Å². The lowest BCUT2D eigenvalue weighted by molar-refractivity contribution is 0.137. The fraction of sp³-hybridized carbons (Fsp3) is 0.286. The highest BCUT2D eigenvalue weighted by atomic mass is 16.5. The number of hydrogen-bond acceptors (Lipinski definition) is 3. The Kier molecular flexibility index (Phi) is 2.61. The highest BCUT2D eigenvalue weighted by Gasteiger charge is 2.29. The van der Waals surface area contributed by atoms with Crippen LogP contribution in [-0.2, 0) is 0 Å². The predicted molar refractivity (Wildman–Crippen MR) is 64.9 cm³/mol. The van der Waals surface area contributed by atoms with E-state index in [1.54, 1.807) is 6.26 Å². The van der Waals surface area contributed by atoms with Crippen LogP contribution in [0.4, 0.5) is 0 Å². The Morgan fingerprint density at radius 2 is 2.06 bits per heavy atom. The molecule has 2 aromatic rings. The molecule has 0 saturated carbocycles. The number of benzene rings is 1. The quantitative estimate of drug-likeness (QED) is 0.861. The maximum atomic E-state index is 5.96. The monoisotopic (exact) mass is 229 g/mol. The van der Waals surface area contributed by atoms with E-state index >= 15 is 0 Å². The van der Waals surface area contributed by atoms with E-state index in [0.717, 1.165) is 17.9 Å². The van der Waals surface area contributed by atoms with Crippen LogP contribution >= 0.6 is 0 Å². The first-order valence-corrected chi connectivity index (χ1v) is 5.87. The number of para-hydroxylation sites is 1. The van der Waals surface area contributed by atoms with Gasteiger partial charge in [0.25, 0.3) is 0 Å². The number of hydrogen-bond donors (Lipinski definition) is 1. The normalized spacial score (nSPS) is 22.9. The van der Waals surface area contributed by atoms with Crippen molar-refractivity contribution < 1.29 is 9.15 Å². The summed E-state index contributed by atoms with van der Waals surface area (Å²) in [5.41, 5.74) is 7.05. The molecule has 1 aromatic heterocycles. The SMILES string of the molecule is NCC1CC(c2ccco2)Oc2ccccc21. The van der Waals surface area contributed by atoms with Gasteiger partial charge in [-0.15, -0.1) is 0 Å². The molecule has 3 nitrogen and oxygen atoms in total. The van der Waals surface area contributed by atoms with Gasteiger partial charge in [-0.25, -0.2) is 0 Å². The van der Waals surface area contributed by atoms with E-state index < -0.39 is 0 Å². The smallest absolute Gasteiger partial charge is 0.157 e. The van der Waals surface area contributed by atoms with Gasteiger partial charge in [0.1, 0.15) is 11.5 Å². The maximum absolute atomic E-state index is 5.96. The van der Waals surface area contributed by atoms with Crippen LogP contribution in [0.25, 0.3) is 0 Å². The molecule has 88 valence electrons. The summed E-state index contributed by atoms with van der Waals surface area (Å²) in [7, 11) is 0. The van der Waals surface area contributed by atoms with Gasteiger partial charge >= 0.3 is 0 Å². The summed E-state index contributed by atoms with van der Waals surface area (Å²) < 4.78 is 11.4. The van der Waals surface area contributed by atoms with E-state index in [4.69, 9.17) is 14.9 Å². The van der Waals surface area contributed by atoms with Gasteiger partial charge in [-0.1, -0.05) is 18.2 Å². The molecule has 0 aliphatic carbocycles. The molecule has 2 heterocycles. The van der Waals surface area contributed by atoms with Crippen molar-refractivity contribution >= 4 is 0 Å². The standard InChI is InChI=1S/C14H15NO2/c15-9-10-8-14(13-6-3-7-16-13)17-12-5-2-1-4-11(10)12/h1-7,10,14H,8-9,15H2. The van der Waals surface area contributed by atoms with E-state index in [0.29, 0.717) is 12.5 Å². The molecule has 1 aromatic carbocycles. The minimum absolute atomic E-state index is 0.0200. The number of furan rings is 1. The van der Waals surface area contributed by atoms with E-state index in [1.807, 2.05) is 30.3 Å². The molecule has 2 atom stereocenters. The van der Waals surface area contributed by atoms with Crippen molar-refractivity contribution in [2.45, 2.75) is 18.4 Å². The maximum Gasteiger partial charge on any atom is 0.157 e. The van der Waals surface area contributed by atoms with Crippen LogP contribution in [0.2, 0.25) is 0 Å². The Bertz CT molecular complexity index is 493. The number of nitrogens with two attached hydrogens (primary N) is 1. The topological polar surface area (TPSA) is 48.4 Å². The Labute approximate surface area is 100 Å². The summed E-state index contributed by atoms with van der Waals surface area (Å²) in [5, 5.41) is 0. The van der Waals surface area contributed by atoms with Crippen molar-refractivity contribution in [1.29, 1.82) is 0 Å². The van der Waals surface area contributed by atoms with Crippen LogP contribution in [0.15, 0.2) is 47.1 Å². The van der Waals surface area contributed by atoms with Crippen LogP contribution < -0.4 is 10.5 Å².